The highest BCUT2D eigenvalue weighted by Gasteiger charge is 2.29. The molecule has 5 nitrogen and oxygen atoms in total. The minimum absolute atomic E-state index is 0.0241. The molecule has 1 atom stereocenters. The SMILES string of the molecule is CC1CCCN(S(=O)(=O)N(C)CCCO)C1. The van der Waals surface area contributed by atoms with Gasteiger partial charge in [0.1, 0.15) is 0 Å². The molecule has 1 unspecified atom stereocenters. The Morgan fingerprint density at radius 1 is 1.50 bits per heavy atom. The molecule has 0 bridgehead atoms. The van der Waals surface area contributed by atoms with Crippen molar-refractivity contribution < 1.29 is 13.5 Å². The Bertz CT molecular complexity index is 305. The van der Waals surface area contributed by atoms with Gasteiger partial charge in [-0.25, -0.2) is 0 Å². The largest absolute Gasteiger partial charge is 0.396 e. The Morgan fingerprint density at radius 3 is 2.75 bits per heavy atom. The Labute approximate surface area is 98.2 Å². The zero-order chi connectivity index (χ0) is 12.2. The van der Waals surface area contributed by atoms with Crippen molar-refractivity contribution >= 4 is 10.2 Å². The van der Waals surface area contributed by atoms with Crippen molar-refractivity contribution in [2.75, 3.05) is 33.3 Å². The maximum Gasteiger partial charge on any atom is 0.281 e. The highest BCUT2D eigenvalue weighted by atomic mass is 32.2. The molecule has 16 heavy (non-hydrogen) atoms. The van der Waals surface area contributed by atoms with Crippen molar-refractivity contribution in [3.05, 3.63) is 0 Å². The monoisotopic (exact) mass is 250 g/mol. The van der Waals surface area contributed by atoms with E-state index in [9.17, 15) is 8.42 Å². The first-order valence-corrected chi connectivity index (χ1v) is 7.20. The normalized spacial score (nSPS) is 23.9. The highest BCUT2D eigenvalue weighted by molar-refractivity contribution is 7.86. The molecule has 0 amide bonds. The van der Waals surface area contributed by atoms with E-state index >= 15 is 0 Å². The molecule has 0 aromatic carbocycles. The molecule has 1 aliphatic rings. The summed E-state index contributed by atoms with van der Waals surface area (Å²) in [6, 6.07) is 0. The Hall–Kier alpha value is -0.170. The highest BCUT2D eigenvalue weighted by Crippen LogP contribution is 2.19. The molecule has 96 valence electrons. The molecule has 1 saturated heterocycles. The van der Waals surface area contributed by atoms with E-state index in [1.807, 2.05) is 0 Å². The van der Waals surface area contributed by atoms with E-state index in [1.165, 1.54) is 4.31 Å². The summed E-state index contributed by atoms with van der Waals surface area (Å²) >= 11 is 0. The molecular weight excluding hydrogens is 228 g/mol. The summed E-state index contributed by atoms with van der Waals surface area (Å²) in [5.41, 5.74) is 0. The molecule has 0 aliphatic carbocycles. The second-order valence-electron chi connectivity index (χ2n) is 4.51. The van der Waals surface area contributed by atoms with Crippen molar-refractivity contribution in [2.45, 2.75) is 26.2 Å². The predicted octanol–water partition coefficient (Wildman–Crippen LogP) is 0.277. The first kappa shape index (κ1) is 13.9. The number of nitrogens with zero attached hydrogens (tertiary/aromatic N) is 2. The lowest BCUT2D eigenvalue weighted by atomic mass is 10.0. The van der Waals surface area contributed by atoms with Crippen LogP contribution in [0.5, 0.6) is 0 Å². The first-order valence-electron chi connectivity index (χ1n) is 5.80. The molecule has 1 heterocycles. The second kappa shape index (κ2) is 5.95. The Morgan fingerprint density at radius 2 is 2.19 bits per heavy atom. The molecule has 1 fully saturated rings. The minimum Gasteiger partial charge on any atom is -0.396 e. The number of rotatable bonds is 5. The molecular formula is C10H22N2O3S. The van der Waals surface area contributed by atoms with Crippen molar-refractivity contribution in [1.82, 2.24) is 8.61 Å². The summed E-state index contributed by atoms with van der Waals surface area (Å²) in [4.78, 5) is 0. The van der Waals surface area contributed by atoms with Crippen LogP contribution in [0.2, 0.25) is 0 Å². The predicted molar refractivity (Wildman–Crippen MR) is 63.2 cm³/mol. The van der Waals surface area contributed by atoms with E-state index in [-0.39, 0.29) is 6.61 Å². The van der Waals surface area contributed by atoms with Crippen LogP contribution >= 0.6 is 0 Å². The zero-order valence-electron chi connectivity index (χ0n) is 10.1. The third-order valence-corrected chi connectivity index (χ3v) is 4.93. The molecule has 0 radical (unpaired) electrons. The van der Waals surface area contributed by atoms with Crippen LogP contribution in [0, 0.1) is 5.92 Å². The van der Waals surface area contributed by atoms with Crippen molar-refractivity contribution in [3.8, 4) is 0 Å². The van der Waals surface area contributed by atoms with Crippen LogP contribution in [-0.4, -0.2) is 55.4 Å². The van der Waals surface area contributed by atoms with Gasteiger partial charge in [0.2, 0.25) is 0 Å². The van der Waals surface area contributed by atoms with E-state index in [4.69, 9.17) is 5.11 Å². The molecule has 0 spiro atoms. The average Bonchev–Trinajstić information content (AvgIpc) is 2.25. The van der Waals surface area contributed by atoms with Crippen LogP contribution in [-0.2, 0) is 10.2 Å². The van der Waals surface area contributed by atoms with E-state index in [1.54, 1.807) is 11.4 Å². The van der Waals surface area contributed by atoms with Gasteiger partial charge in [-0.05, 0) is 25.2 Å². The van der Waals surface area contributed by atoms with Crippen molar-refractivity contribution in [3.63, 3.8) is 0 Å². The topological polar surface area (TPSA) is 60.9 Å². The van der Waals surface area contributed by atoms with Crippen molar-refractivity contribution in [1.29, 1.82) is 0 Å². The Kier molecular flexibility index (Phi) is 5.17. The lowest BCUT2D eigenvalue weighted by Gasteiger charge is -2.33. The maximum atomic E-state index is 12.1. The first-order chi connectivity index (χ1) is 7.48. The summed E-state index contributed by atoms with van der Waals surface area (Å²) in [7, 11) is -1.74. The fourth-order valence-electron chi connectivity index (χ4n) is 1.96. The van der Waals surface area contributed by atoms with Gasteiger partial charge in [-0.3, -0.25) is 0 Å². The van der Waals surface area contributed by atoms with Gasteiger partial charge in [-0.2, -0.15) is 17.0 Å². The molecule has 0 saturated carbocycles. The van der Waals surface area contributed by atoms with Crippen LogP contribution in [0.4, 0.5) is 0 Å². The fourth-order valence-corrected chi connectivity index (χ4v) is 3.52. The molecule has 0 aromatic heterocycles. The quantitative estimate of drug-likeness (QED) is 0.762. The number of aliphatic hydroxyl groups excluding tert-OH is 1. The molecule has 0 aromatic rings. The van der Waals surface area contributed by atoms with E-state index < -0.39 is 10.2 Å². The van der Waals surface area contributed by atoms with Gasteiger partial charge >= 0.3 is 0 Å². The van der Waals surface area contributed by atoms with Crippen LogP contribution in [0.1, 0.15) is 26.2 Å². The summed E-state index contributed by atoms with van der Waals surface area (Å²) in [6.07, 6.45) is 2.53. The van der Waals surface area contributed by atoms with Gasteiger partial charge in [0.15, 0.2) is 0 Å². The van der Waals surface area contributed by atoms with Crippen LogP contribution in [0.3, 0.4) is 0 Å². The van der Waals surface area contributed by atoms with E-state index in [0.29, 0.717) is 32.0 Å². The van der Waals surface area contributed by atoms with Crippen LogP contribution in [0.25, 0.3) is 0 Å². The number of piperidine rings is 1. The minimum atomic E-state index is -3.31. The molecule has 1 aliphatic heterocycles. The third kappa shape index (κ3) is 3.41. The van der Waals surface area contributed by atoms with Gasteiger partial charge in [0, 0.05) is 33.3 Å². The van der Waals surface area contributed by atoms with Gasteiger partial charge in [0.05, 0.1) is 0 Å². The fraction of sp³-hybridized carbons (Fsp3) is 1.00. The molecule has 1 rings (SSSR count). The van der Waals surface area contributed by atoms with Gasteiger partial charge in [-0.1, -0.05) is 6.92 Å². The summed E-state index contributed by atoms with van der Waals surface area (Å²) in [5, 5.41) is 8.70. The lowest BCUT2D eigenvalue weighted by Crippen LogP contribution is -2.46. The van der Waals surface area contributed by atoms with Crippen molar-refractivity contribution in [2.24, 2.45) is 5.92 Å². The Balaban J connectivity index is 2.61. The van der Waals surface area contributed by atoms with Gasteiger partial charge in [0.25, 0.3) is 10.2 Å². The maximum absolute atomic E-state index is 12.1. The third-order valence-electron chi connectivity index (χ3n) is 2.97. The standard InChI is InChI=1S/C10H22N2O3S/c1-10-5-3-7-12(9-10)16(14,15)11(2)6-4-8-13/h10,13H,3-9H2,1-2H3. The van der Waals surface area contributed by atoms with E-state index in [2.05, 4.69) is 6.92 Å². The zero-order valence-corrected chi connectivity index (χ0v) is 10.9. The number of hydrogen-bond acceptors (Lipinski definition) is 3. The molecule has 1 N–H and O–H groups in total. The second-order valence-corrected chi connectivity index (χ2v) is 6.55. The lowest BCUT2D eigenvalue weighted by molar-refractivity contribution is 0.251. The number of hydrogen-bond donors (Lipinski definition) is 1. The van der Waals surface area contributed by atoms with Gasteiger partial charge in [-0.15, -0.1) is 0 Å². The number of aliphatic hydroxyl groups is 1. The summed E-state index contributed by atoms with van der Waals surface area (Å²) in [6.45, 7) is 3.72. The van der Waals surface area contributed by atoms with Gasteiger partial charge < -0.3 is 5.11 Å². The summed E-state index contributed by atoms with van der Waals surface area (Å²) in [5.74, 6) is 0.440. The summed E-state index contributed by atoms with van der Waals surface area (Å²) < 4.78 is 27.1. The average molecular weight is 250 g/mol. The van der Waals surface area contributed by atoms with Crippen LogP contribution < -0.4 is 0 Å². The smallest absolute Gasteiger partial charge is 0.281 e. The molecule has 6 heteroatoms. The van der Waals surface area contributed by atoms with E-state index in [0.717, 1.165) is 12.8 Å². The van der Waals surface area contributed by atoms with Crippen LogP contribution in [0.15, 0.2) is 0 Å².